The molecule has 0 atom stereocenters. The second-order valence-corrected chi connectivity index (χ2v) is 4.02. The molecule has 0 heterocycles. The van der Waals surface area contributed by atoms with Crippen molar-refractivity contribution in [2.45, 2.75) is 32.6 Å². The molecule has 0 amide bonds. The average molecular weight is 230 g/mol. The van der Waals surface area contributed by atoms with Crippen LogP contribution in [0.1, 0.15) is 31.7 Å². The van der Waals surface area contributed by atoms with Crippen molar-refractivity contribution in [2.24, 2.45) is 0 Å². The van der Waals surface area contributed by atoms with Gasteiger partial charge in [0.25, 0.3) is 0 Å². The molecule has 0 aliphatic rings. The molecule has 0 saturated heterocycles. The van der Waals surface area contributed by atoms with E-state index in [1.165, 1.54) is 5.56 Å². The average Bonchev–Trinajstić information content (AvgIpc) is 2.36. The van der Waals surface area contributed by atoms with E-state index in [-0.39, 0.29) is 0 Å². The van der Waals surface area contributed by atoms with Gasteiger partial charge in [-0.2, -0.15) is 0 Å². The molecule has 92 valence electrons. The number of unbranched alkanes of at least 4 members (excludes halogenated alkanes) is 1. The lowest BCUT2D eigenvalue weighted by atomic mass is 10.1. The quantitative estimate of drug-likeness (QED) is 0.470. The molecule has 0 unspecified atom stereocenters. The first-order valence-electron chi connectivity index (χ1n) is 6.34. The lowest BCUT2D eigenvalue weighted by Gasteiger charge is -2.05. The van der Waals surface area contributed by atoms with Crippen LogP contribution in [0.25, 0.3) is 0 Å². The lowest BCUT2D eigenvalue weighted by molar-refractivity contribution is 0.362. The van der Waals surface area contributed by atoms with Crippen molar-refractivity contribution >= 4 is 0 Å². The highest BCUT2D eigenvalue weighted by Gasteiger charge is 1.96. The molecular weight excluding hydrogens is 208 g/mol. The zero-order chi connectivity index (χ0) is 12.3. The van der Waals surface area contributed by atoms with Crippen LogP contribution in [0.15, 0.2) is 49.1 Å². The smallest absolute Gasteiger partial charge is 0.120 e. The zero-order valence-corrected chi connectivity index (χ0v) is 10.7. The highest BCUT2D eigenvalue weighted by Crippen LogP contribution is 2.15. The van der Waals surface area contributed by atoms with Gasteiger partial charge in [0.2, 0.25) is 0 Å². The summed E-state index contributed by atoms with van der Waals surface area (Å²) in [6.45, 7) is 6.51. The predicted molar refractivity (Wildman–Crippen MR) is 74.5 cm³/mol. The Morgan fingerprint density at radius 3 is 2.94 bits per heavy atom. The van der Waals surface area contributed by atoms with Crippen LogP contribution < -0.4 is 4.74 Å². The van der Waals surface area contributed by atoms with E-state index in [1.54, 1.807) is 0 Å². The van der Waals surface area contributed by atoms with Gasteiger partial charge in [-0.05, 0) is 43.4 Å². The number of hydrogen-bond acceptors (Lipinski definition) is 1. The summed E-state index contributed by atoms with van der Waals surface area (Å²) in [5.41, 5.74) is 1.34. The molecule has 0 bridgehead atoms. The number of ether oxygens (including phenoxy) is 1. The SMILES string of the molecule is C=CCCCc1cccc(OCC=CCC)c1. The molecule has 1 rings (SSSR count). The van der Waals surface area contributed by atoms with Crippen LogP contribution in [0.2, 0.25) is 0 Å². The van der Waals surface area contributed by atoms with Gasteiger partial charge in [-0.15, -0.1) is 6.58 Å². The Morgan fingerprint density at radius 2 is 2.18 bits per heavy atom. The Labute approximate surface area is 105 Å². The Bertz CT molecular complexity index is 352. The van der Waals surface area contributed by atoms with E-state index in [1.807, 2.05) is 12.1 Å². The third kappa shape index (κ3) is 5.96. The Balaban J connectivity index is 2.41. The highest BCUT2D eigenvalue weighted by molar-refractivity contribution is 5.28. The number of hydrogen-bond donors (Lipinski definition) is 0. The molecule has 0 N–H and O–H groups in total. The van der Waals surface area contributed by atoms with Crippen molar-refractivity contribution in [1.29, 1.82) is 0 Å². The molecule has 17 heavy (non-hydrogen) atoms. The van der Waals surface area contributed by atoms with Crippen molar-refractivity contribution in [1.82, 2.24) is 0 Å². The minimum absolute atomic E-state index is 0.657. The molecule has 0 aliphatic carbocycles. The monoisotopic (exact) mass is 230 g/mol. The second-order valence-electron chi connectivity index (χ2n) is 4.02. The standard InChI is InChI=1S/C16H22O/c1-3-5-7-10-15-11-9-12-16(14-15)17-13-8-6-4-2/h3,6,8-9,11-12,14H,1,4-5,7,10,13H2,2H3. The third-order valence-electron chi connectivity index (χ3n) is 2.52. The van der Waals surface area contributed by atoms with Crippen LogP contribution in [-0.2, 0) is 6.42 Å². The summed E-state index contributed by atoms with van der Waals surface area (Å²) in [5.74, 6) is 0.960. The zero-order valence-electron chi connectivity index (χ0n) is 10.7. The van der Waals surface area contributed by atoms with Crippen molar-refractivity contribution in [3.63, 3.8) is 0 Å². The summed E-state index contributed by atoms with van der Waals surface area (Å²) in [7, 11) is 0. The van der Waals surface area contributed by atoms with Crippen molar-refractivity contribution in [2.75, 3.05) is 6.61 Å². The van der Waals surface area contributed by atoms with Gasteiger partial charge in [0.1, 0.15) is 12.4 Å². The van der Waals surface area contributed by atoms with E-state index in [4.69, 9.17) is 4.74 Å². The summed E-state index contributed by atoms with van der Waals surface area (Å²) in [5, 5.41) is 0. The molecule has 0 fully saturated rings. The maximum absolute atomic E-state index is 5.65. The minimum atomic E-state index is 0.657. The molecule has 0 saturated carbocycles. The fraction of sp³-hybridized carbons (Fsp3) is 0.375. The number of aryl methyl sites for hydroxylation is 1. The number of benzene rings is 1. The van der Waals surface area contributed by atoms with Crippen LogP contribution in [-0.4, -0.2) is 6.61 Å². The summed E-state index contributed by atoms with van der Waals surface area (Å²) in [4.78, 5) is 0. The molecular formula is C16H22O. The van der Waals surface area contributed by atoms with Gasteiger partial charge >= 0.3 is 0 Å². The first kappa shape index (κ1) is 13.6. The van der Waals surface area contributed by atoms with Gasteiger partial charge in [0.05, 0.1) is 0 Å². The van der Waals surface area contributed by atoms with E-state index >= 15 is 0 Å². The molecule has 1 aromatic rings. The lowest BCUT2D eigenvalue weighted by Crippen LogP contribution is -1.94. The van der Waals surface area contributed by atoms with E-state index < -0.39 is 0 Å². The Kier molecular flexibility index (Phi) is 6.89. The summed E-state index contributed by atoms with van der Waals surface area (Å²) in [6.07, 6.45) is 10.5. The predicted octanol–water partition coefficient (Wildman–Crippen LogP) is 4.54. The van der Waals surface area contributed by atoms with Gasteiger partial charge in [-0.3, -0.25) is 0 Å². The van der Waals surface area contributed by atoms with Gasteiger partial charge in [0, 0.05) is 0 Å². The molecule has 0 spiro atoms. The van der Waals surface area contributed by atoms with Gasteiger partial charge in [-0.25, -0.2) is 0 Å². The maximum atomic E-state index is 5.65. The van der Waals surface area contributed by atoms with Crippen LogP contribution >= 0.6 is 0 Å². The van der Waals surface area contributed by atoms with Crippen LogP contribution in [0.3, 0.4) is 0 Å². The first-order chi connectivity index (χ1) is 8.36. The topological polar surface area (TPSA) is 9.23 Å². The molecule has 1 heteroatoms. The van der Waals surface area contributed by atoms with Crippen LogP contribution in [0, 0.1) is 0 Å². The fourth-order valence-corrected chi connectivity index (χ4v) is 1.62. The highest BCUT2D eigenvalue weighted by atomic mass is 16.5. The van der Waals surface area contributed by atoms with Crippen LogP contribution in [0.4, 0.5) is 0 Å². The Hall–Kier alpha value is -1.50. The summed E-state index contributed by atoms with van der Waals surface area (Å²) < 4.78 is 5.65. The third-order valence-corrected chi connectivity index (χ3v) is 2.52. The normalized spacial score (nSPS) is 10.6. The second kappa shape index (κ2) is 8.63. The number of allylic oxidation sites excluding steroid dienone is 2. The molecule has 1 nitrogen and oxygen atoms in total. The Morgan fingerprint density at radius 1 is 1.29 bits per heavy atom. The van der Waals surface area contributed by atoms with Gasteiger partial charge < -0.3 is 4.74 Å². The number of rotatable bonds is 8. The van der Waals surface area contributed by atoms with E-state index in [2.05, 4.69) is 43.9 Å². The van der Waals surface area contributed by atoms with Crippen molar-refractivity contribution in [3.8, 4) is 5.75 Å². The fourth-order valence-electron chi connectivity index (χ4n) is 1.62. The van der Waals surface area contributed by atoms with E-state index in [9.17, 15) is 0 Å². The van der Waals surface area contributed by atoms with Crippen molar-refractivity contribution in [3.05, 3.63) is 54.6 Å². The molecule has 1 aromatic carbocycles. The minimum Gasteiger partial charge on any atom is -0.490 e. The van der Waals surface area contributed by atoms with Gasteiger partial charge in [0.15, 0.2) is 0 Å². The summed E-state index contributed by atoms with van der Waals surface area (Å²) in [6, 6.07) is 8.35. The molecule has 0 aromatic heterocycles. The van der Waals surface area contributed by atoms with Crippen molar-refractivity contribution < 1.29 is 4.74 Å². The van der Waals surface area contributed by atoms with E-state index in [0.29, 0.717) is 6.61 Å². The van der Waals surface area contributed by atoms with E-state index in [0.717, 1.165) is 31.4 Å². The largest absolute Gasteiger partial charge is 0.490 e. The van der Waals surface area contributed by atoms with Gasteiger partial charge in [-0.1, -0.05) is 37.3 Å². The summed E-state index contributed by atoms with van der Waals surface area (Å²) >= 11 is 0. The van der Waals surface area contributed by atoms with Crippen LogP contribution in [0.5, 0.6) is 5.75 Å². The molecule has 0 aliphatic heterocycles. The maximum Gasteiger partial charge on any atom is 0.120 e. The molecule has 0 radical (unpaired) electrons. The first-order valence-corrected chi connectivity index (χ1v) is 6.34.